The normalized spacial score (nSPS) is 26.8. The minimum Gasteiger partial charge on any atom is -0.374 e. The quantitative estimate of drug-likeness (QED) is 0.383. The largest absolute Gasteiger partial charge is 0.523 e. The molecule has 1 saturated heterocycles. The molecule has 0 saturated carbocycles. The molecule has 0 aliphatic carbocycles. The summed E-state index contributed by atoms with van der Waals surface area (Å²) < 4.78 is 97.1. The van der Waals surface area contributed by atoms with Crippen molar-refractivity contribution in [2.75, 3.05) is 13.7 Å². The van der Waals surface area contributed by atoms with Crippen LogP contribution in [-0.4, -0.2) is 52.2 Å². The van der Waals surface area contributed by atoms with E-state index in [1.54, 1.807) is 30.3 Å². The van der Waals surface area contributed by atoms with Crippen molar-refractivity contribution in [3.63, 3.8) is 0 Å². The zero-order valence-corrected chi connectivity index (χ0v) is 17.8. The molecule has 176 valence electrons. The van der Waals surface area contributed by atoms with Gasteiger partial charge in [-0.3, -0.25) is 4.18 Å². The Labute approximate surface area is 185 Å². The zero-order chi connectivity index (χ0) is 24.1. The number of alkyl halides is 3. The third-order valence-corrected chi connectivity index (χ3v) is 5.50. The van der Waals surface area contributed by atoms with Crippen molar-refractivity contribution in [3.8, 4) is 0 Å². The predicted octanol–water partition coefficient (Wildman–Crippen LogP) is 3.39. The maximum absolute atomic E-state index is 13.0. The van der Waals surface area contributed by atoms with Crippen molar-refractivity contribution < 1.29 is 46.1 Å². The first kappa shape index (κ1) is 23.1. The lowest BCUT2D eigenvalue weighted by atomic mass is 10.1. The fraction of sp³-hybridized carbons (Fsp3) is 0.429. The molecule has 3 rings (SSSR count). The number of methoxy groups -OCH3 is 1. The number of benzene rings is 2. The molecule has 1 aliphatic heterocycles. The van der Waals surface area contributed by atoms with Crippen LogP contribution in [0, 0.1) is 0 Å². The van der Waals surface area contributed by atoms with E-state index in [0.717, 1.165) is 12.7 Å². The Kier molecular flexibility index (Phi) is 7.76. The number of halogens is 3. The van der Waals surface area contributed by atoms with Crippen LogP contribution in [0.4, 0.5) is 13.2 Å². The highest BCUT2D eigenvalue weighted by atomic mass is 32.2. The molecule has 11 heteroatoms. The van der Waals surface area contributed by atoms with Gasteiger partial charge in [-0.25, -0.2) is 0 Å². The highest BCUT2D eigenvalue weighted by Gasteiger charge is 2.55. The van der Waals surface area contributed by atoms with Gasteiger partial charge in [0.15, 0.2) is 12.4 Å². The topological polar surface area (TPSA) is 80.3 Å². The van der Waals surface area contributed by atoms with E-state index in [0.29, 0.717) is 5.56 Å². The van der Waals surface area contributed by atoms with Gasteiger partial charge in [-0.1, -0.05) is 60.7 Å². The van der Waals surface area contributed by atoms with Crippen LogP contribution in [0.15, 0.2) is 60.7 Å². The third kappa shape index (κ3) is 6.27. The Morgan fingerprint density at radius 3 is 2.09 bits per heavy atom. The highest BCUT2D eigenvalue weighted by molar-refractivity contribution is 7.87. The van der Waals surface area contributed by atoms with E-state index in [1.165, 1.54) is 0 Å². The molecule has 2 aromatic carbocycles. The van der Waals surface area contributed by atoms with Gasteiger partial charge in [0.05, 0.1) is 21.2 Å². The van der Waals surface area contributed by atoms with Gasteiger partial charge in [0, 0.05) is 7.11 Å². The first-order valence-electron chi connectivity index (χ1n) is 10.0. The molecule has 0 spiro atoms. The fourth-order valence-corrected chi connectivity index (χ4v) is 3.51. The standard InChI is InChI=1S/C21H23F3O7S/c1-27-20-19(31-32(25,26)21(22,23)24)18(29-13-16-10-6-3-7-11-16)17(30-20)14-28-12-15-8-4-2-5-9-15/h2-11,17-20H,12-14H2,1H3/t17-,18-,19+,20-/m1/s1/i19D. The molecule has 1 fully saturated rings. The van der Waals surface area contributed by atoms with Gasteiger partial charge in [0.2, 0.25) is 0 Å². The first-order valence-corrected chi connectivity index (χ1v) is 10.9. The highest BCUT2D eigenvalue weighted by Crippen LogP contribution is 2.34. The van der Waals surface area contributed by atoms with E-state index in [4.69, 9.17) is 20.3 Å². The van der Waals surface area contributed by atoms with Crippen LogP contribution in [0.1, 0.15) is 12.5 Å². The predicted molar refractivity (Wildman–Crippen MR) is 107 cm³/mol. The molecule has 0 bridgehead atoms. The van der Waals surface area contributed by atoms with Crippen LogP contribution in [0.2, 0.25) is 0 Å². The van der Waals surface area contributed by atoms with Gasteiger partial charge in [0.25, 0.3) is 0 Å². The summed E-state index contributed by atoms with van der Waals surface area (Å²) in [4.78, 5) is 0. The Morgan fingerprint density at radius 1 is 1.00 bits per heavy atom. The number of hydrogen-bond acceptors (Lipinski definition) is 7. The van der Waals surface area contributed by atoms with Crippen LogP contribution >= 0.6 is 0 Å². The summed E-state index contributed by atoms with van der Waals surface area (Å²) in [7, 11) is -5.10. The second-order valence-electron chi connectivity index (χ2n) is 6.85. The minimum atomic E-state index is -6.15. The summed E-state index contributed by atoms with van der Waals surface area (Å²) in [5, 5.41) is 0. The third-order valence-electron chi connectivity index (χ3n) is 4.52. The van der Waals surface area contributed by atoms with E-state index >= 15 is 0 Å². The van der Waals surface area contributed by atoms with Crippen LogP contribution < -0.4 is 0 Å². The average Bonchev–Trinajstić information content (AvgIpc) is 3.02. The Hall–Kier alpha value is -2.02. The van der Waals surface area contributed by atoms with Crippen LogP contribution in [0.25, 0.3) is 0 Å². The number of rotatable bonds is 10. The smallest absolute Gasteiger partial charge is 0.374 e. The number of hydrogen-bond donors (Lipinski definition) is 0. The fourth-order valence-electron chi connectivity index (χ4n) is 2.99. The molecule has 0 unspecified atom stereocenters. The molecule has 2 aromatic rings. The van der Waals surface area contributed by atoms with Gasteiger partial charge in [-0.15, -0.1) is 0 Å². The molecule has 32 heavy (non-hydrogen) atoms. The van der Waals surface area contributed by atoms with E-state index in [-0.39, 0.29) is 19.8 Å². The van der Waals surface area contributed by atoms with Crippen molar-refractivity contribution in [2.45, 2.75) is 43.3 Å². The molecule has 1 aliphatic rings. The summed E-state index contributed by atoms with van der Waals surface area (Å²) in [6.07, 6.45) is -7.40. The van der Waals surface area contributed by atoms with Crippen LogP contribution in [0.3, 0.4) is 0 Å². The molecule has 0 radical (unpaired) electrons. The van der Waals surface area contributed by atoms with Crippen LogP contribution in [0.5, 0.6) is 0 Å². The molecule has 0 N–H and O–H groups in total. The van der Waals surface area contributed by atoms with E-state index in [2.05, 4.69) is 4.18 Å². The molecule has 4 atom stereocenters. The molecule has 1 heterocycles. The summed E-state index contributed by atoms with van der Waals surface area (Å²) >= 11 is 0. The maximum Gasteiger partial charge on any atom is 0.523 e. The Morgan fingerprint density at radius 2 is 1.56 bits per heavy atom. The van der Waals surface area contributed by atoms with Crippen molar-refractivity contribution in [3.05, 3.63) is 71.8 Å². The second-order valence-corrected chi connectivity index (χ2v) is 8.38. The van der Waals surface area contributed by atoms with Crippen molar-refractivity contribution in [1.29, 1.82) is 0 Å². The van der Waals surface area contributed by atoms with E-state index in [9.17, 15) is 21.6 Å². The van der Waals surface area contributed by atoms with E-state index < -0.39 is 40.2 Å². The average molecular weight is 477 g/mol. The van der Waals surface area contributed by atoms with Crippen molar-refractivity contribution in [2.24, 2.45) is 0 Å². The Bertz CT molecular complexity index is 992. The Balaban J connectivity index is 1.82. The summed E-state index contributed by atoms with van der Waals surface area (Å²) in [6.45, 7) is -0.211. The molecule has 0 aromatic heterocycles. The van der Waals surface area contributed by atoms with Crippen molar-refractivity contribution >= 4 is 10.1 Å². The monoisotopic (exact) mass is 477 g/mol. The second kappa shape index (κ2) is 10.7. The van der Waals surface area contributed by atoms with Gasteiger partial charge in [-0.2, -0.15) is 21.6 Å². The van der Waals surface area contributed by atoms with Gasteiger partial charge >= 0.3 is 15.6 Å². The van der Waals surface area contributed by atoms with Gasteiger partial charge in [0.1, 0.15) is 12.2 Å². The SMILES string of the molecule is [2H][C@@]1(OS(=O)(=O)C(F)(F)F)[C@H](OC)O[C@H](COCc2ccccc2)[C@H]1OCc1ccccc1. The molecular weight excluding hydrogens is 453 g/mol. The number of ether oxygens (including phenoxy) is 4. The summed E-state index contributed by atoms with van der Waals surface area (Å²) in [5.41, 5.74) is -4.28. The minimum absolute atomic E-state index is 0.142. The molecule has 0 amide bonds. The van der Waals surface area contributed by atoms with Crippen molar-refractivity contribution in [1.82, 2.24) is 0 Å². The maximum atomic E-state index is 13.0. The molecular formula is C21H23F3O7S. The summed E-state index contributed by atoms with van der Waals surface area (Å²) in [6, 6.07) is 17.7. The lowest BCUT2D eigenvalue weighted by Crippen LogP contribution is -2.43. The van der Waals surface area contributed by atoms with Gasteiger partial charge < -0.3 is 18.9 Å². The van der Waals surface area contributed by atoms with Gasteiger partial charge in [-0.05, 0) is 11.1 Å². The zero-order valence-electron chi connectivity index (χ0n) is 18.0. The first-order chi connectivity index (χ1) is 15.6. The lowest BCUT2D eigenvalue weighted by molar-refractivity contribution is -0.154. The summed E-state index contributed by atoms with van der Waals surface area (Å²) in [5.74, 6) is 0. The van der Waals surface area contributed by atoms with Crippen LogP contribution in [-0.2, 0) is 46.5 Å². The molecule has 7 nitrogen and oxygen atoms in total. The van der Waals surface area contributed by atoms with E-state index in [1.807, 2.05) is 30.3 Å². The lowest BCUT2D eigenvalue weighted by Gasteiger charge is -2.24.